The second kappa shape index (κ2) is 7.18. The van der Waals surface area contributed by atoms with Crippen LogP contribution in [0.1, 0.15) is 30.0 Å². The molecule has 0 saturated heterocycles. The first-order valence-corrected chi connectivity index (χ1v) is 7.21. The summed E-state index contributed by atoms with van der Waals surface area (Å²) in [5, 5.41) is 3.24. The van der Waals surface area contributed by atoms with Crippen molar-refractivity contribution >= 4 is 0 Å². The first-order valence-electron chi connectivity index (χ1n) is 7.21. The Labute approximate surface area is 125 Å². The smallest absolute Gasteiger partial charge is 0.223 e. The van der Waals surface area contributed by atoms with E-state index in [4.69, 9.17) is 4.74 Å². The molecule has 1 heterocycles. The fraction of sp³-hybridized carbons (Fsp3) is 0.353. The minimum Gasteiger partial charge on any atom is -0.438 e. The van der Waals surface area contributed by atoms with Crippen molar-refractivity contribution in [1.82, 2.24) is 10.3 Å². The van der Waals surface area contributed by atoms with Gasteiger partial charge in [-0.15, -0.1) is 0 Å². The molecule has 0 fully saturated rings. The minimum atomic E-state index is -0.350. The van der Waals surface area contributed by atoms with Crippen molar-refractivity contribution in [3.63, 3.8) is 0 Å². The van der Waals surface area contributed by atoms with Crippen molar-refractivity contribution in [3.05, 3.63) is 53.0 Å². The lowest BCUT2D eigenvalue weighted by molar-refractivity contribution is 0.445. The van der Waals surface area contributed by atoms with Crippen LogP contribution < -0.4 is 10.1 Å². The Morgan fingerprint density at radius 3 is 2.86 bits per heavy atom. The van der Waals surface area contributed by atoms with E-state index in [2.05, 4.69) is 17.2 Å². The molecule has 0 aliphatic heterocycles. The van der Waals surface area contributed by atoms with E-state index in [1.54, 1.807) is 0 Å². The monoisotopic (exact) mass is 288 g/mol. The number of hydrogen-bond acceptors (Lipinski definition) is 3. The van der Waals surface area contributed by atoms with Gasteiger partial charge in [-0.2, -0.15) is 0 Å². The van der Waals surface area contributed by atoms with Crippen LogP contribution in [0.3, 0.4) is 0 Å². The molecule has 2 rings (SSSR count). The van der Waals surface area contributed by atoms with Crippen molar-refractivity contribution in [1.29, 1.82) is 0 Å². The molecular weight excluding hydrogens is 267 g/mol. The third-order valence-corrected chi connectivity index (χ3v) is 3.40. The number of ether oxygens (including phenoxy) is 1. The molecule has 0 radical (unpaired) electrons. The number of nitrogens with zero attached hydrogens (tertiary/aromatic N) is 1. The maximum absolute atomic E-state index is 13.4. The summed E-state index contributed by atoms with van der Waals surface area (Å²) in [5.74, 6) is 0.858. The van der Waals surface area contributed by atoms with Crippen LogP contribution in [0, 0.1) is 19.7 Å². The van der Waals surface area contributed by atoms with E-state index in [0.717, 1.165) is 35.4 Å². The molecule has 2 aromatic rings. The third kappa shape index (κ3) is 4.02. The Kier molecular flexibility index (Phi) is 5.28. The zero-order valence-corrected chi connectivity index (χ0v) is 12.7. The number of benzene rings is 1. The van der Waals surface area contributed by atoms with Gasteiger partial charge >= 0.3 is 0 Å². The van der Waals surface area contributed by atoms with Crippen LogP contribution in [0.15, 0.2) is 30.5 Å². The van der Waals surface area contributed by atoms with Gasteiger partial charge in [0.1, 0.15) is 11.6 Å². The van der Waals surface area contributed by atoms with Crippen LogP contribution in [0.5, 0.6) is 11.6 Å². The van der Waals surface area contributed by atoms with Gasteiger partial charge in [-0.3, -0.25) is 0 Å². The molecule has 4 heteroatoms. The van der Waals surface area contributed by atoms with Crippen LogP contribution in [0.2, 0.25) is 0 Å². The van der Waals surface area contributed by atoms with E-state index >= 15 is 0 Å². The van der Waals surface area contributed by atoms with Gasteiger partial charge in [0.25, 0.3) is 0 Å². The second-order valence-corrected chi connectivity index (χ2v) is 5.09. The quantitative estimate of drug-likeness (QED) is 0.812. The molecule has 0 spiro atoms. The van der Waals surface area contributed by atoms with Crippen LogP contribution in [-0.2, 0) is 6.54 Å². The molecule has 0 bridgehead atoms. The van der Waals surface area contributed by atoms with Gasteiger partial charge in [-0.1, -0.05) is 19.1 Å². The summed E-state index contributed by atoms with van der Waals surface area (Å²) < 4.78 is 19.3. The van der Waals surface area contributed by atoms with E-state index < -0.39 is 0 Å². The molecule has 1 aromatic carbocycles. The highest BCUT2D eigenvalue weighted by atomic mass is 19.1. The second-order valence-electron chi connectivity index (χ2n) is 5.09. The van der Waals surface area contributed by atoms with Crippen LogP contribution >= 0.6 is 0 Å². The summed E-state index contributed by atoms with van der Waals surface area (Å²) in [5.41, 5.74) is 2.95. The number of halogens is 1. The van der Waals surface area contributed by atoms with E-state index in [1.807, 2.05) is 32.0 Å². The lowest BCUT2D eigenvalue weighted by atomic mass is 10.1. The Hall–Kier alpha value is -1.94. The Morgan fingerprint density at radius 2 is 2.10 bits per heavy atom. The number of aryl methyl sites for hydroxylation is 1. The summed E-state index contributed by atoms with van der Waals surface area (Å²) in [7, 11) is 0. The van der Waals surface area contributed by atoms with Crippen LogP contribution in [0.4, 0.5) is 4.39 Å². The predicted molar refractivity (Wildman–Crippen MR) is 82.2 cm³/mol. The molecule has 0 amide bonds. The molecule has 112 valence electrons. The Bertz CT molecular complexity index is 614. The fourth-order valence-corrected chi connectivity index (χ4v) is 2.03. The van der Waals surface area contributed by atoms with Crippen molar-refractivity contribution in [2.75, 3.05) is 6.54 Å². The van der Waals surface area contributed by atoms with E-state index in [0.29, 0.717) is 12.4 Å². The van der Waals surface area contributed by atoms with E-state index in [1.165, 1.54) is 12.3 Å². The lowest BCUT2D eigenvalue weighted by Crippen LogP contribution is -2.15. The van der Waals surface area contributed by atoms with Gasteiger partial charge in [-0.05, 0) is 50.1 Å². The van der Waals surface area contributed by atoms with Crippen molar-refractivity contribution in [3.8, 4) is 11.6 Å². The van der Waals surface area contributed by atoms with E-state index in [-0.39, 0.29) is 5.82 Å². The highest BCUT2D eigenvalue weighted by molar-refractivity contribution is 5.41. The fourth-order valence-electron chi connectivity index (χ4n) is 2.03. The first kappa shape index (κ1) is 15.4. The van der Waals surface area contributed by atoms with Crippen molar-refractivity contribution < 1.29 is 9.13 Å². The SMILES string of the molecule is CCCNCc1cc(F)cnc1Oc1cccc(C)c1C. The van der Waals surface area contributed by atoms with Gasteiger partial charge in [-0.25, -0.2) is 9.37 Å². The van der Waals surface area contributed by atoms with Crippen molar-refractivity contribution in [2.45, 2.75) is 33.7 Å². The van der Waals surface area contributed by atoms with Gasteiger partial charge in [0.2, 0.25) is 5.88 Å². The van der Waals surface area contributed by atoms with Gasteiger partial charge in [0.15, 0.2) is 0 Å². The van der Waals surface area contributed by atoms with Crippen LogP contribution in [0.25, 0.3) is 0 Å². The van der Waals surface area contributed by atoms with Gasteiger partial charge < -0.3 is 10.1 Å². The maximum atomic E-state index is 13.4. The zero-order chi connectivity index (χ0) is 15.2. The Morgan fingerprint density at radius 1 is 1.29 bits per heavy atom. The van der Waals surface area contributed by atoms with Gasteiger partial charge in [0, 0.05) is 12.1 Å². The first-order chi connectivity index (χ1) is 10.1. The molecule has 0 aliphatic carbocycles. The Balaban J connectivity index is 2.24. The topological polar surface area (TPSA) is 34.2 Å². The normalized spacial score (nSPS) is 10.7. The lowest BCUT2D eigenvalue weighted by Gasteiger charge is -2.13. The largest absolute Gasteiger partial charge is 0.438 e. The molecule has 1 N–H and O–H groups in total. The average Bonchev–Trinajstić information content (AvgIpc) is 2.46. The highest BCUT2D eigenvalue weighted by Crippen LogP contribution is 2.28. The molecule has 0 aliphatic rings. The number of pyridine rings is 1. The number of aromatic nitrogens is 1. The molecule has 3 nitrogen and oxygen atoms in total. The van der Waals surface area contributed by atoms with Crippen LogP contribution in [-0.4, -0.2) is 11.5 Å². The molecule has 21 heavy (non-hydrogen) atoms. The highest BCUT2D eigenvalue weighted by Gasteiger charge is 2.10. The average molecular weight is 288 g/mol. The molecular formula is C17H21FN2O. The summed E-state index contributed by atoms with van der Waals surface area (Å²) in [4.78, 5) is 4.09. The summed E-state index contributed by atoms with van der Waals surface area (Å²) >= 11 is 0. The third-order valence-electron chi connectivity index (χ3n) is 3.40. The van der Waals surface area contributed by atoms with E-state index in [9.17, 15) is 4.39 Å². The number of rotatable bonds is 6. The minimum absolute atomic E-state index is 0.350. The number of nitrogens with one attached hydrogen (secondary N) is 1. The standard InChI is InChI=1S/C17H21FN2O/c1-4-8-19-10-14-9-15(18)11-20-17(14)21-16-7-5-6-12(2)13(16)3/h5-7,9,11,19H,4,8,10H2,1-3H3. The molecule has 0 unspecified atom stereocenters. The summed E-state index contributed by atoms with van der Waals surface area (Å²) in [6, 6.07) is 7.34. The van der Waals surface area contributed by atoms with Gasteiger partial charge in [0.05, 0.1) is 6.20 Å². The number of hydrogen-bond donors (Lipinski definition) is 1. The molecule has 0 atom stereocenters. The summed E-state index contributed by atoms with van der Waals surface area (Å²) in [6.07, 6.45) is 2.21. The van der Waals surface area contributed by atoms with Crippen molar-refractivity contribution in [2.24, 2.45) is 0 Å². The molecule has 1 aromatic heterocycles. The summed E-state index contributed by atoms with van der Waals surface area (Å²) in [6.45, 7) is 7.54. The predicted octanol–water partition coefficient (Wildman–Crippen LogP) is 4.13. The maximum Gasteiger partial charge on any atom is 0.223 e. The molecule has 0 saturated carbocycles. The zero-order valence-electron chi connectivity index (χ0n) is 12.7.